The van der Waals surface area contributed by atoms with E-state index in [9.17, 15) is 0 Å². The molecule has 0 aromatic heterocycles. The maximum Gasteiger partial charge on any atom is -0.0111 e. The second kappa shape index (κ2) is 7.71. The van der Waals surface area contributed by atoms with Crippen molar-refractivity contribution in [2.24, 2.45) is 0 Å². The zero-order valence-corrected chi connectivity index (χ0v) is 11.9. The van der Waals surface area contributed by atoms with Crippen molar-refractivity contribution in [2.45, 2.75) is 40.0 Å². The number of hydrogen-bond donors (Lipinski definition) is 0. The molecule has 0 N–H and O–H groups in total. The Morgan fingerprint density at radius 2 is 1.78 bits per heavy atom. The molecule has 0 heteroatoms. The van der Waals surface area contributed by atoms with Gasteiger partial charge in [-0.3, -0.25) is 0 Å². The van der Waals surface area contributed by atoms with Crippen molar-refractivity contribution in [1.82, 2.24) is 0 Å². The van der Waals surface area contributed by atoms with Crippen LogP contribution in [0.25, 0.3) is 6.08 Å². The summed E-state index contributed by atoms with van der Waals surface area (Å²) in [7, 11) is 0. The van der Waals surface area contributed by atoms with Gasteiger partial charge in [-0.05, 0) is 45.6 Å². The lowest BCUT2D eigenvalue weighted by atomic mass is 10.0. The first-order valence-corrected chi connectivity index (χ1v) is 6.61. The van der Waals surface area contributed by atoms with E-state index in [1.54, 1.807) is 0 Å². The highest BCUT2D eigenvalue weighted by Crippen LogP contribution is 2.17. The van der Waals surface area contributed by atoms with Gasteiger partial charge in [0.05, 0.1) is 0 Å². The molecule has 0 aliphatic carbocycles. The Balaban J connectivity index is 2.32. The highest BCUT2D eigenvalue weighted by atomic mass is 14.0. The minimum absolute atomic E-state index is 1.04. The second-order valence-corrected chi connectivity index (χ2v) is 5.06. The molecular weight excluding hydrogens is 216 g/mol. The Bertz CT molecular complexity index is 428. The molecule has 0 bridgehead atoms. The summed E-state index contributed by atoms with van der Waals surface area (Å²) in [6.45, 7) is 10.7. The Labute approximate surface area is 112 Å². The van der Waals surface area contributed by atoms with E-state index in [1.807, 2.05) is 6.07 Å². The predicted molar refractivity (Wildman–Crippen MR) is 82.5 cm³/mol. The van der Waals surface area contributed by atoms with Gasteiger partial charge in [0.2, 0.25) is 0 Å². The average Bonchev–Trinajstić information content (AvgIpc) is 2.35. The summed E-state index contributed by atoms with van der Waals surface area (Å²) < 4.78 is 0. The number of hydrogen-bond acceptors (Lipinski definition) is 0. The molecule has 0 atom stereocenters. The standard InChI is InChI=1S/C18H24/c1-15(2)17(4)14-16(3)10-8-9-13-18-11-6-5-7-12-18/h5-7,9,11-13H,3,8,10,14H2,1-2,4H3. The van der Waals surface area contributed by atoms with Crippen LogP contribution < -0.4 is 0 Å². The Morgan fingerprint density at radius 3 is 2.39 bits per heavy atom. The third-order valence-electron chi connectivity index (χ3n) is 3.14. The third-order valence-corrected chi connectivity index (χ3v) is 3.14. The van der Waals surface area contributed by atoms with E-state index < -0.39 is 0 Å². The summed E-state index contributed by atoms with van der Waals surface area (Å²) in [5.41, 5.74) is 5.46. The molecular formula is C18H24. The molecule has 18 heavy (non-hydrogen) atoms. The fourth-order valence-corrected chi connectivity index (χ4v) is 1.71. The van der Waals surface area contributed by atoms with Crippen LogP contribution in [-0.2, 0) is 0 Å². The fraction of sp³-hybridized carbons (Fsp3) is 0.333. The lowest BCUT2D eigenvalue weighted by molar-refractivity contribution is 0.917. The zero-order valence-electron chi connectivity index (χ0n) is 11.9. The Morgan fingerprint density at radius 1 is 1.11 bits per heavy atom. The SMILES string of the molecule is C=C(CCC=Cc1ccccc1)CC(C)=C(C)C. The second-order valence-electron chi connectivity index (χ2n) is 5.06. The zero-order chi connectivity index (χ0) is 13.4. The van der Waals surface area contributed by atoms with Gasteiger partial charge in [0.15, 0.2) is 0 Å². The van der Waals surface area contributed by atoms with Gasteiger partial charge in [-0.15, -0.1) is 0 Å². The van der Waals surface area contributed by atoms with Crippen LogP contribution in [0.1, 0.15) is 45.6 Å². The van der Waals surface area contributed by atoms with Gasteiger partial charge in [0.1, 0.15) is 0 Å². The molecule has 0 spiro atoms. The van der Waals surface area contributed by atoms with Crippen molar-refractivity contribution in [3.63, 3.8) is 0 Å². The van der Waals surface area contributed by atoms with Crippen molar-refractivity contribution < 1.29 is 0 Å². The van der Waals surface area contributed by atoms with Crippen LogP contribution in [0, 0.1) is 0 Å². The monoisotopic (exact) mass is 240 g/mol. The summed E-state index contributed by atoms with van der Waals surface area (Å²) >= 11 is 0. The van der Waals surface area contributed by atoms with Gasteiger partial charge >= 0.3 is 0 Å². The van der Waals surface area contributed by atoms with E-state index >= 15 is 0 Å². The first-order valence-electron chi connectivity index (χ1n) is 6.61. The maximum absolute atomic E-state index is 4.15. The number of allylic oxidation sites excluding steroid dienone is 4. The largest absolute Gasteiger partial charge is 0.0995 e. The first kappa shape index (κ1) is 14.5. The molecule has 0 saturated carbocycles. The van der Waals surface area contributed by atoms with E-state index in [-0.39, 0.29) is 0 Å². The quantitative estimate of drug-likeness (QED) is 0.553. The van der Waals surface area contributed by atoms with E-state index in [2.05, 4.69) is 63.8 Å². The van der Waals surface area contributed by atoms with Crippen LogP contribution in [-0.4, -0.2) is 0 Å². The van der Waals surface area contributed by atoms with Crippen LogP contribution >= 0.6 is 0 Å². The molecule has 96 valence electrons. The van der Waals surface area contributed by atoms with Gasteiger partial charge in [-0.25, -0.2) is 0 Å². The Hall–Kier alpha value is -1.56. The highest BCUT2D eigenvalue weighted by molar-refractivity contribution is 5.48. The molecule has 0 radical (unpaired) electrons. The van der Waals surface area contributed by atoms with Crippen LogP contribution in [0.5, 0.6) is 0 Å². The van der Waals surface area contributed by atoms with Gasteiger partial charge < -0.3 is 0 Å². The summed E-state index contributed by atoms with van der Waals surface area (Å²) in [4.78, 5) is 0. The lowest BCUT2D eigenvalue weighted by Gasteiger charge is -2.06. The fourth-order valence-electron chi connectivity index (χ4n) is 1.71. The van der Waals surface area contributed by atoms with Crippen molar-refractivity contribution in [2.75, 3.05) is 0 Å². The molecule has 1 aromatic rings. The number of benzene rings is 1. The smallest absolute Gasteiger partial charge is 0.0111 e. The summed E-state index contributed by atoms with van der Waals surface area (Å²) in [5, 5.41) is 0. The van der Waals surface area contributed by atoms with Gasteiger partial charge in [0, 0.05) is 0 Å². The van der Waals surface area contributed by atoms with Crippen molar-refractivity contribution in [3.8, 4) is 0 Å². The van der Waals surface area contributed by atoms with Crippen LogP contribution in [0.15, 0.2) is 59.7 Å². The normalized spacial score (nSPS) is 10.6. The molecule has 0 fully saturated rings. The predicted octanol–water partition coefficient (Wildman–Crippen LogP) is 5.78. The molecule has 0 amide bonds. The van der Waals surface area contributed by atoms with Gasteiger partial charge in [0.25, 0.3) is 0 Å². The minimum atomic E-state index is 1.04. The average molecular weight is 240 g/mol. The third kappa shape index (κ3) is 5.67. The molecule has 0 aliphatic rings. The van der Waals surface area contributed by atoms with Crippen molar-refractivity contribution in [3.05, 3.63) is 65.3 Å². The molecule has 0 heterocycles. The van der Waals surface area contributed by atoms with Crippen molar-refractivity contribution >= 4 is 6.08 Å². The maximum atomic E-state index is 4.15. The van der Waals surface area contributed by atoms with Crippen LogP contribution in [0.4, 0.5) is 0 Å². The highest BCUT2D eigenvalue weighted by Gasteiger charge is 1.97. The molecule has 1 rings (SSSR count). The van der Waals surface area contributed by atoms with Crippen molar-refractivity contribution in [1.29, 1.82) is 0 Å². The minimum Gasteiger partial charge on any atom is -0.0995 e. The topological polar surface area (TPSA) is 0 Å². The van der Waals surface area contributed by atoms with E-state index in [0.717, 1.165) is 19.3 Å². The van der Waals surface area contributed by atoms with E-state index in [0.29, 0.717) is 0 Å². The summed E-state index contributed by atoms with van der Waals surface area (Å²) in [6, 6.07) is 10.4. The molecule has 0 unspecified atom stereocenters. The van der Waals surface area contributed by atoms with Gasteiger partial charge in [-0.2, -0.15) is 0 Å². The van der Waals surface area contributed by atoms with Crippen LogP contribution in [0.2, 0.25) is 0 Å². The number of rotatable bonds is 6. The Kier molecular flexibility index (Phi) is 6.21. The van der Waals surface area contributed by atoms with Gasteiger partial charge in [-0.1, -0.05) is 65.8 Å². The van der Waals surface area contributed by atoms with E-state index in [4.69, 9.17) is 0 Å². The molecule has 0 nitrogen and oxygen atoms in total. The summed E-state index contributed by atoms with van der Waals surface area (Å²) in [5.74, 6) is 0. The lowest BCUT2D eigenvalue weighted by Crippen LogP contribution is -1.86. The molecule has 0 saturated heterocycles. The van der Waals surface area contributed by atoms with E-state index in [1.165, 1.54) is 22.3 Å². The first-order chi connectivity index (χ1) is 8.59. The van der Waals surface area contributed by atoms with Crippen LogP contribution in [0.3, 0.4) is 0 Å². The molecule has 0 aliphatic heterocycles. The summed E-state index contributed by atoms with van der Waals surface area (Å²) in [6.07, 6.45) is 7.61. The molecule has 1 aromatic carbocycles.